The van der Waals surface area contributed by atoms with Gasteiger partial charge in [-0.25, -0.2) is 5.01 Å². The highest BCUT2D eigenvalue weighted by atomic mass is 35.5. The van der Waals surface area contributed by atoms with Gasteiger partial charge in [0.15, 0.2) is 0 Å². The summed E-state index contributed by atoms with van der Waals surface area (Å²) >= 11 is 6.29. The van der Waals surface area contributed by atoms with E-state index in [1.165, 1.54) is 24.3 Å². The van der Waals surface area contributed by atoms with Crippen LogP contribution in [0.15, 0.2) is 48.5 Å². The van der Waals surface area contributed by atoms with Crippen LogP contribution in [0.2, 0.25) is 5.02 Å². The third-order valence-corrected chi connectivity index (χ3v) is 6.62. The predicted octanol–water partition coefficient (Wildman–Crippen LogP) is 4.23. The first-order valence-electron chi connectivity index (χ1n) is 10.5. The monoisotopic (exact) mass is 455 g/mol. The molecule has 3 atom stereocenters. The molecule has 9 heteroatoms. The van der Waals surface area contributed by atoms with Crippen LogP contribution in [0.3, 0.4) is 0 Å². The lowest BCUT2D eigenvalue weighted by atomic mass is 9.76. The van der Waals surface area contributed by atoms with E-state index in [-0.39, 0.29) is 12.1 Å². The Morgan fingerprint density at radius 1 is 1.09 bits per heavy atom. The number of carbonyl (C=O) groups excluding carboxylic acids is 3. The van der Waals surface area contributed by atoms with Gasteiger partial charge in [0.05, 0.1) is 23.3 Å². The van der Waals surface area contributed by atoms with E-state index in [1.54, 1.807) is 24.3 Å². The molecule has 0 radical (unpaired) electrons. The molecular formula is C23H22ClN3O5. The van der Waals surface area contributed by atoms with Gasteiger partial charge in [-0.2, -0.15) is 5.01 Å². The van der Waals surface area contributed by atoms with Crippen LogP contribution in [0, 0.1) is 27.9 Å². The van der Waals surface area contributed by atoms with Crippen molar-refractivity contribution in [3.8, 4) is 0 Å². The Hall–Kier alpha value is -3.26. The van der Waals surface area contributed by atoms with Gasteiger partial charge in [-0.1, -0.05) is 48.9 Å². The lowest BCUT2D eigenvalue weighted by Gasteiger charge is -2.30. The number of nitro benzene ring substituents is 1. The fourth-order valence-electron chi connectivity index (χ4n) is 4.58. The highest BCUT2D eigenvalue weighted by Crippen LogP contribution is 2.41. The van der Waals surface area contributed by atoms with E-state index in [4.69, 9.17) is 11.6 Å². The molecule has 2 aliphatic rings. The van der Waals surface area contributed by atoms with E-state index in [1.807, 2.05) is 6.92 Å². The molecule has 3 amide bonds. The summed E-state index contributed by atoms with van der Waals surface area (Å²) in [4.78, 5) is 51.0. The standard InChI is InChI=1S/C23H22ClN3O5/c1-14-10-11-16-18(12-14)23(30)26(22(16)29)25(13-15-6-2-4-8-19(15)24)21(28)17-7-3-5-9-20(17)27(31)32/h2-9,14,16,18H,10-13H2,1H3/t14-,16+,18-/m1/s1. The van der Waals surface area contributed by atoms with Crippen LogP contribution in [0.5, 0.6) is 0 Å². The number of hydrogen-bond acceptors (Lipinski definition) is 5. The number of rotatable bonds is 5. The minimum Gasteiger partial charge on any atom is -0.272 e. The number of carbonyl (C=O) groups is 3. The number of para-hydroxylation sites is 1. The van der Waals surface area contributed by atoms with E-state index in [2.05, 4.69) is 0 Å². The van der Waals surface area contributed by atoms with Gasteiger partial charge in [-0.05, 0) is 42.9 Å². The largest absolute Gasteiger partial charge is 0.282 e. The summed E-state index contributed by atoms with van der Waals surface area (Å²) in [7, 11) is 0. The molecule has 32 heavy (non-hydrogen) atoms. The van der Waals surface area contributed by atoms with Crippen LogP contribution < -0.4 is 0 Å². The minimum absolute atomic E-state index is 0.170. The molecule has 0 N–H and O–H groups in total. The Labute approximate surface area is 189 Å². The summed E-state index contributed by atoms with van der Waals surface area (Å²) in [5, 5.41) is 13.8. The summed E-state index contributed by atoms with van der Waals surface area (Å²) in [5.74, 6) is -2.34. The van der Waals surface area contributed by atoms with Gasteiger partial charge >= 0.3 is 0 Å². The average Bonchev–Trinajstić information content (AvgIpc) is 3.02. The molecule has 1 saturated heterocycles. The summed E-state index contributed by atoms with van der Waals surface area (Å²) in [6.07, 6.45) is 1.98. The number of hydrogen-bond donors (Lipinski definition) is 0. The number of nitrogens with zero attached hydrogens (tertiary/aromatic N) is 3. The second kappa shape index (κ2) is 8.70. The molecule has 8 nitrogen and oxygen atoms in total. The van der Waals surface area contributed by atoms with Gasteiger partial charge in [0.1, 0.15) is 5.56 Å². The maximum atomic E-state index is 13.6. The van der Waals surface area contributed by atoms with Crippen molar-refractivity contribution in [3.05, 3.63) is 74.8 Å². The molecule has 0 bridgehead atoms. The summed E-state index contributed by atoms with van der Waals surface area (Å²) < 4.78 is 0. The van der Waals surface area contributed by atoms with Crippen molar-refractivity contribution in [3.63, 3.8) is 0 Å². The molecule has 2 fully saturated rings. The van der Waals surface area contributed by atoms with Crippen LogP contribution in [0.4, 0.5) is 5.69 Å². The summed E-state index contributed by atoms with van der Waals surface area (Å²) in [5.41, 5.74) is -0.0786. The van der Waals surface area contributed by atoms with Crippen molar-refractivity contribution in [2.75, 3.05) is 0 Å². The Balaban J connectivity index is 1.78. The average molecular weight is 456 g/mol. The number of hydrazine groups is 1. The Morgan fingerprint density at radius 2 is 1.75 bits per heavy atom. The van der Waals surface area contributed by atoms with Gasteiger partial charge in [-0.3, -0.25) is 24.5 Å². The molecule has 1 aliphatic heterocycles. The van der Waals surface area contributed by atoms with E-state index in [9.17, 15) is 24.5 Å². The zero-order chi connectivity index (χ0) is 23.0. The molecule has 1 heterocycles. The predicted molar refractivity (Wildman–Crippen MR) is 116 cm³/mol. The van der Waals surface area contributed by atoms with Crippen molar-refractivity contribution in [2.45, 2.75) is 32.7 Å². The van der Waals surface area contributed by atoms with Crippen LogP contribution in [-0.4, -0.2) is 32.7 Å². The van der Waals surface area contributed by atoms with E-state index >= 15 is 0 Å². The van der Waals surface area contributed by atoms with Crippen LogP contribution in [0.25, 0.3) is 0 Å². The van der Waals surface area contributed by atoms with E-state index in [0.717, 1.165) is 16.4 Å². The van der Waals surface area contributed by atoms with Gasteiger partial charge in [0.2, 0.25) is 0 Å². The minimum atomic E-state index is -0.800. The molecular weight excluding hydrogens is 434 g/mol. The summed E-state index contributed by atoms with van der Waals surface area (Å²) in [6.45, 7) is 1.87. The molecule has 1 aliphatic carbocycles. The quantitative estimate of drug-likeness (QED) is 0.381. The molecule has 0 aromatic heterocycles. The molecule has 0 unspecified atom stereocenters. The van der Waals surface area contributed by atoms with Crippen molar-refractivity contribution >= 4 is 35.0 Å². The van der Waals surface area contributed by atoms with Gasteiger partial charge < -0.3 is 0 Å². The molecule has 2 aromatic carbocycles. The fraction of sp³-hybridized carbons (Fsp3) is 0.348. The van der Waals surface area contributed by atoms with Crippen LogP contribution >= 0.6 is 11.6 Å². The van der Waals surface area contributed by atoms with Crippen LogP contribution in [-0.2, 0) is 16.1 Å². The lowest BCUT2D eigenvalue weighted by molar-refractivity contribution is -0.385. The zero-order valence-electron chi connectivity index (χ0n) is 17.4. The Kier molecular flexibility index (Phi) is 5.97. The Bertz CT molecular complexity index is 1100. The smallest absolute Gasteiger partial charge is 0.272 e. The first-order valence-corrected chi connectivity index (χ1v) is 10.8. The molecule has 166 valence electrons. The molecule has 0 spiro atoms. The first-order chi connectivity index (χ1) is 15.3. The molecule has 2 aromatic rings. The third-order valence-electron chi connectivity index (χ3n) is 6.25. The topological polar surface area (TPSA) is 101 Å². The van der Waals surface area contributed by atoms with Gasteiger partial charge in [-0.15, -0.1) is 0 Å². The first kappa shape index (κ1) is 22.0. The lowest BCUT2D eigenvalue weighted by Crippen LogP contribution is -2.50. The maximum Gasteiger partial charge on any atom is 0.282 e. The third kappa shape index (κ3) is 3.86. The molecule has 1 saturated carbocycles. The van der Waals surface area contributed by atoms with Crippen LogP contribution in [0.1, 0.15) is 42.1 Å². The summed E-state index contributed by atoms with van der Waals surface area (Å²) in [6, 6.07) is 12.3. The number of halogens is 1. The molecule has 4 rings (SSSR count). The van der Waals surface area contributed by atoms with Gasteiger partial charge in [0.25, 0.3) is 23.4 Å². The SMILES string of the molecule is C[C@@H]1CC[C@@H]2C(=O)N(N(Cc3ccccc3Cl)C(=O)c3ccccc3[N+](=O)[O-])C(=O)[C@@H]2C1. The Morgan fingerprint density at radius 3 is 2.47 bits per heavy atom. The fourth-order valence-corrected chi connectivity index (χ4v) is 4.78. The van der Waals surface area contributed by atoms with Crippen molar-refractivity contribution in [1.82, 2.24) is 10.0 Å². The number of imide groups is 1. The number of amides is 3. The zero-order valence-corrected chi connectivity index (χ0v) is 18.2. The second-order valence-corrected chi connectivity index (χ2v) is 8.76. The van der Waals surface area contributed by atoms with Crippen molar-refractivity contribution < 1.29 is 19.3 Å². The van der Waals surface area contributed by atoms with Crippen molar-refractivity contribution in [2.24, 2.45) is 17.8 Å². The second-order valence-electron chi connectivity index (χ2n) is 8.35. The maximum absolute atomic E-state index is 13.6. The van der Waals surface area contributed by atoms with Crippen molar-refractivity contribution in [1.29, 1.82) is 0 Å². The highest BCUT2D eigenvalue weighted by molar-refractivity contribution is 6.31. The normalized spacial score (nSPS) is 22.6. The van der Waals surface area contributed by atoms with E-state index < -0.39 is 40.2 Å². The number of fused-ring (bicyclic) bond motifs is 1. The van der Waals surface area contributed by atoms with E-state index in [0.29, 0.717) is 29.3 Å². The van der Waals surface area contributed by atoms with Gasteiger partial charge in [0, 0.05) is 11.1 Å². The highest BCUT2D eigenvalue weighted by Gasteiger charge is 2.52. The number of benzene rings is 2. The number of nitro groups is 1.